The molecule has 1 rings (SSSR count). The van der Waals surface area contributed by atoms with Gasteiger partial charge in [0.2, 0.25) is 11.8 Å². The Morgan fingerprint density at radius 1 is 1.21 bits per heavy atom. The molecule has 0 unspecified atom stereocenters. The molecule has 78 valence electrons. The Bertz CT molecular complexity index is 286. The highest BCUT2D eigenvalue weighted by Gasteiger charge is 2.28. The van der Waals surface area contributed by atoms with Gasteiger partial charge in [-0.25, -0.2) is 9.97 Å². The summed E-state index contributed by atoms with van der Waals surface area (Å²) < 4.78 is 44.0. The predicted octanol–water partition coefficient (Wildman–Crippen LogP) is 1.43. The molecule has 0 saturated heterocycles. The molecule has 0 radical (unpaired) electrons. The summed E-state index contributed by atoms with van der Waals surface area (Å²) in [6.07, 6.45) is -2.14. The summed E-state index contributed by atoms with van der Waals surface area (Å²) >= 11 is 0. The molecule has 0 amide bonds. The number of aromatic nitrogens is 2. The van der Waals surface area contributed by atoms with E-state index in [-0.39, 0.29) is 11.8 Å². The zero-order valence-electron chi connectivity index (χ0n) is 7.21. The van der Waals surface area contributed by atoms with Crippen molar-refractivity contribution in [3.05, 3.63) is 12.4 Å². The third-order valence-corrected chi connectivity index (χ3v) is 1.20. The second-order valence-electron chi connectivity index (χ2n) is 2.30. The topological polar surface area (TPSA) is 44.2 Å². The Balaban J connectivity index is 2.52. The first-order valence-corrected chi connectivity index (χ1v) is 3.57. The Kier molecular flexibility index (Phi) is 3.10. The molecule has 14 heavy (non-hydrogen) atoms. The number of halogens is 3. The fourth-order valence-electron chi connectivity index (χ4n) is 0.640. The van der Waals surface area contributed by atoms with Crippen LogP contribution in [0.5, 0.6) is 11.8 Å². The minimum absolute atomic E-state index is 0.192. The van der Waals surface area contributed by atoms with Crippen LogP contribution in [0.3, 0.4) is 0 Å². The highest BCUT2D eigenvalue weighted by atomic mass is 19.4. The third-order valence-electron chi connectivity index (χ3n) is 1.20. The zero-order chi connectivity index (χ0) is 10.6. The standard InChI is InChI=1S/C7H7F3N2O2/c1-13-5-2-12-6(3-11-5)14-4-7(8,9)10/h2-3H,4H2,1H3. The van der Waals surface area contributed by atoms with Crippen molar-refractivity contribution in [1.29, 1.82) is 0 Å². The van der Waals surface area contributed by atoms with Crippen LogP contribution in [-0.4, -0.2) is 29.9 Å². The summed E-state index contributed by atoms with van der Waals surface area (Å²) in [5, 5.41) is 0. The minimum Gasteiger partial charge on any atom is -0.480 e. The van der Waals surface area contributed by atoms with E-state index in [0.29, 0.717) is 0 Å². The Morgan fingerprint density at radius 3 is 2.21 bits per heavy atom. The van der Waals surface area contributed by atoms with E-state index in [4.69, 9.17) is 0 Å². The van der Waals surface area contributed by atoms with Gasteiger partial charge in [0.05, 0.1) is 19.5 Å². The quantitative estimate of drug-likeness (QED) is 0.753. The van der Waals surface area contributed by atoms with Crippen LogP contribution in [0.1, 0.15) is 0 Å². The van der Waals surface area contributed by atoms with Gasteiger partial charge < -0.3 is 9.47 Å². The first-order valence-electron chi connectivity index (χ1n) is 3.57. The average molecular weight is 208 g/mol. The van der Waals surface area contributed by atoms with Crippen LogP contribution in [0.4, 0.5) is 13.2 Å². The fourth-order valence-corrected chi connectivity index (χ4v) is 0.640. The van der Waals surface area contributed by atoms with Gasteiger partial charge >= 0.3 is 6.18 Å². The van der Waals surface area contributed by atoms with Gasteiger partial charge in [-0.15, -0.1) is 0 Å². The minimum atomic E-state index is -4.37. The fraction of sp³-hybridized carbons (Fsp3) is 0.429. The van der Waals surface area contributed by atoms with E-state index in [1.165, 1.54) is 13.3 Å². The van der Waals surface area contributed by atoms with E-state index in [2.05, 4.69) is 19.4 Å². The second kappa shape index (κ2) is 4.12. The zero-order valence-corrected chi connectivity index (χ0v) is 7.21. The van der Waals surface area contributed by atoms with Gasteiger partial charge in [0.25, 0.3) is 0 Å². The molecular weight excluding hydrogens is 201 g/mol. The number of alkyl halides is 3. The van der Waals surface area contributed by atoms with Crippen molar-refractivity contribution in [2.24, 2.45) is 0 Å². The summed E-state index contributed by atoms with van der Waals surface area (Å²) in [7, 11) is 1.38. The lowest BCUT2D eigenvalue weighted by molar-refractivity contribution is -0.154. The number of methoxy groups -OCH3 is 1. The largest absolute Gasteiger partial charge is 0.480 e. The molecule has 1 aromatic rings. The molecule has 0 aliphatic carbocycles. The molecule has 0 aliphatic heterocycles. The molecule has 0 fully saturated rings. The lowest BCUT2D eigenvalue weighted by Crippen LogP contribution is -2.19. The summed E-state index contributed by atoms with van der Waals surface area (Å²) in [6.45, 7) is -1.38. The molecule has 0 saturated carbocycles. The molecule has 7 heteroatoms. The van der Waals surface area contributed by atoms with Gasteiger partial charge in [0.15, 0.2) is 6.61 Å². The number of nitrogens with zero attached hydrogens (tertiary/aromatic N) is 2. The highest BCUT2D eigenvalue weighted by Crippen LogP contribution is 2.16. The van der Waals surface area contributed by atoms with Crippen molar-refractivity contribution in [1.82, 2.24) is 9.97 Å². The van der Waals surface area contributed by atoms with Crippen molar-refractivity contribution in [2.75, 3.05) is 13.7 Å². The molecule has 4 nitrogen and oxygen atoms in total. The molecule has 0 N–H and O–H groups in total. The molecule has 1 heterocycles. The molecule has 1 aromatic heterocycles. The van der Waals surface area contributed by atoms with E-state index < -0.39 is 12.8 Å². The van der Waals surface area contributed by atoms with Crippen molar-refractivity contribution in [3.63, 3.8) is 0 Å². The third kappa shape index (κ3) is 3.46. The number of rotatable bonds is 3. The molecule has 0 aromatic carbocycles. The van der Waals surface area contributed by atoms with Crippen LogP contribution >= 0.6 is 0 Å². The summed E-state index contributed by atoms with van der Waals surface area (Å²) in [5.74, 6) is 0.0208. The van der Waals surface area contributed by atoms with E-state index in [1.807, 2.05) is 0 Å². The predicted molar refractivity (Wildman–Crippen MR) is 40.1 cm³/mol. The van der Waals surface area contributed by atoms with E-state index in [0.717, 1.165) is 6.20 Å². The Hall–Kier alpha value is -1.53. The van der Waals surface area contributed by atoms with Crippen molar-refractivity contribution < 1.29 is 22.6 Å². The maximum absolute atomic E-state index is 11.7. The molecule has 0 spiro atoms. The number of ether oxygens (including phenoxy) is 2. The lowest BCUT2D eigenvalue weighted by Gasteiger charge is -2.07. The van der Waals surface area contributed by atoms with Gasteiger partial charge in [-0.05, 0) is 0 Å². The maximum Gasteiger partial charge on any atom is 0.422 e. The molecule has 0 atom stereocenters. The normalized spacial score (nSPS) is 11.1. The van der Waals surface area contributed by atoms with Crippen molar-refractivity contribution in [3.8, 4) is 11.8 Å². The van der Waals surface area contributed by atoms with Crippen molar-refractivity contribution >= 4 is 0 Å². The Morgan fingerprint density at radius 2 is 1.79 bits per heavy atom. The lowest BCUT2D eigenvalue weighted by atomic mass is 10.6. The summed E-state index contributed by atoms with van der Waals surface area (Å²) in [6, 6.07) is 0. The average Bonchev–Trinajstić information content (AvgIpc) is 2.14. The smallest absolute Gasteiger partial charge is 0.422 e. The number of hydrogen-bond donors (Lipinski definition) is 0. The molecule has 0 bridgehead atoms. The first-order chi connectivity index (χ1) is 6.51. The van der Waals surface area contributed by atoms with E-state index >= 15 is 0 Å². The number of hydrogen-bond acceptors (Lipinski definition) is 4. The van der Waals surface area contributed by atoms with Crippen LogP contribution < -0.4 is 9.47 Å². The summed E-state index contributed by atoms with van der Waals surface area (Å²) in [5.41, 5.74) is 0. The highest BCUT2D eigenvalue weighted by molar-refractivity contribution is 5.10. The van der Waals surface area contributed by atoms with Crippen LogP contribution in [0.2, 0.25) is 0 Å². The van der Waals surface area contributed by atoms with Gasteiger partial charge in [0, 0.05) is 0 Å². The van der Waals surface area contributed by atoms with Crippen LogP contribution in [0.25, 0.3) is 0 Å². The first kappa shape index (κ1) is 10.6. The van der Waals surface area contributed by atoms with Gasteiger partial charge in [0.1, 0.15) is 0 Å². The van der Waals surface area contributed by atoms with Gasteiger partial charge in [-0.2, -0.15) is 13.2 Å². The SMILES string of the molecule is COc1cnc(OCC(F)(F)F)cn1. The van der Waals surface area contributed by atoms with Crippen LogP contribution in [-0.2, 0) is 0 Å². The Labute approximate surface area is 77.7 Å². The summed E-state index contributed by atoms with van der Waals surface area (Å²) in [4.78, 5) is 7.16. The van der Waals surface area contributed by atoms with E-state index in [9.17, 15) is 13.2 Å². The van der Waals surface area contributed by atoms with Crippen LogP contribution in [0, 0.1) is 0 Å². The monoisotopic (exact) mass is 208 g/mol. The van der Waals surface area contributed by atoms with Gasteiger partial charge in [-0.1, -0.05) is 0 Å². The second-order valence-corrected chi connectivity index (χ2v) is 2.30. The van der Waals surface area contributed by atoms with Gasteiger partial charge in [-0.3, -0.25) is 0 Å². The van der Waals surface area contributed by atoms with E-state index in [1.54, 1.807) is 0 Å². The van der Waals surface area contributed by atoms with Crippen LogP contribution in [0.15, 0.2) is 12.4 Å². The molecule has 0 aliphatic rings. The maximum atomic E-state index is 11.7. The molecular formula is C7H7F3N2O2. The van der Waals surface area contributed by atoms with Crippen molar-refractivity contribution in [2.45, 2.75) is 6.18 Å².